The standard InChI is InChI=1S/C18H19ClO/c1-12-5-7-16(11-17(12)19)18(20)10-13-6-8-14-3-2-4-15(14)9-13/h5-9,11,18,20H,2-4,10H2,1H3. The second-order valence-electron chi connectivity index (χ2n) is 5.69. The highest BCUT2D eigenvalue weighted by Gasteiger charge is 2.14. The fraction of sp³-hybridized carbons (Fsp3) is 0.333. The first-order valence-corrected chi connectivity index (χ1v) is 7.56. The van der Waals surface area contributed by atoms with Gasteiger partial charge in [-0.15, -0.1) is 0 Å². The monoisotopic (exact) mass is 286 g/mol. The molecule has 0 amide bonds. The van der Waals surface area contributed by atoms with Gasteiger partial charge in [-0.25, -0.2) is 0 Å². The quantitative estimate of drug-likeness (QED) is 0.886. The van der Waals surface area contributed by atoms with Crippen LogP contribution in [-0.2, 0) is 19.3 Å². The van der Waals surface area contributed by atoms with Gasteiger partial charge in [-0.05, 0) is 60.1 Å². The van der Waals surface area contributed by atoms with Gasteiger partial charge in [-0.1, -0.05) is 41.9 Å². The highest BCUT2D eigenvalue weighted by molar-refractivity contribution is 6.31. The Bertz CT molecular complexity index is 633. The SMILES string of the molecule is Cc1ccc(C(O)Cc2ccc3c(c2)CCC3)cc1Cl. The summed E-state index contributed by atoms with van der Waals surface area (Å²) < 4.78 is 0. The van der Waals surface area contributed by atoms with Crippen LogP contribution in [0.3, 0.4) is 0 Å². The molecule has 0 fully saturated rings. The van der Waals surface area contributed by atoms with Crippen molar-refractivity contribution in [3.05, 3.63) is 69.2 Å². The minimum Gasteiger partial charge on any atom is -0.388 e. The number of benzene rings is 2. The summed E-state index contributed by atoms with van der Waals surface area (Å²) in [6.45, 7) is 1.97. The fourth-order valence-corrected chi connectivity index (χ4v) is 3.10. The van der Waals surface area contributed by atoms with E-state index in [0.717, 1.165) is 16.1 Å². The first-order valence-electron chi connectivity index (χ1n) is 7.18. The van der Waals surface area contributed by atoms with Crippen molar-refractivity contribution in [2.45, 2.75) is 38.7 Å². The van der Waals surface area contributed by atoms with Gasteiger partial charge in [-0.3, -0.25) is 0 Å². The average Bonchev–Trinajstić information content (AvgIpc) is 2.89. The predicted molar refractivity (Wildman–Crippen MR) is 83.3 cm³/mol. The second kappa shape index (κ2) is 5.59. The van der Waals surface area contributed by atoms with E-state index in [-0.39, 0.29) is 0 Å². The van der Waals surface area contributed by atoms with E-state index in [1.807, 2.05) is 25.1 Å². The van der Waals surface area contributed by atoms with Crippen LogP contribution in [0.25, 0.3) is 0 Å². The Balaban J connectivity index is 1.78. The Kier molecular flexibility index (Phi) is 3.82. The molecule has 1 N–H and O–H groups in total. The van der Waals surface area contributed by atoms with Crippen LogP contribution in [-0.4, -0.2) is 5.11 Å². The summed E-state index contributed by atoms with van der Waals surface area (Å²) in [5, 5.41) is 11.1. The summed E-state index contributed by atoms with van der Waals surface area (Å²) in [5.41, 5.74) is 6.06. The first-order chi connectivity index (χ1) is 9.63. The average molecular weight is 287 g/mol. The van der Waals surface area contributed by atoms with Crippen molar-refractivity contribution in [2.24, 2.45) is 0 Å². The van der Waals surface area contributed by atoms with Crippen LogP contribution in [0.2, 0.25) is 5.02 Å². The van der Waals surface area contributed by atoms with Crippen LogP contribution in [0, 0.1) is 6.92 Å². The minimum absolute atomic E-state index is 0.493. The smallest absolute Gasteiger partial charge is 0.0830 e. The predicted octanol–water partition coefficient (Wildman–Crippen LogP) is 4.41. The number of hydrogen-bond donors (Lipinski definition) is 1. The lowest BCUT2D eigenvalue weighted by Crippen LogP contribution is -2.02. The van der Waals surface area contributed by atoms with E-state index < -0.39 is 6.10 Å². The summed E-state index contributed by atoms with van der Waals surface area (Å²) >= 11 is 6.13. The summed E-state index contributed by atoms with van der Waals surface area (Å²) in [7, 11) is 0. The first kappa shape index (κ1) is 13.7. The largest absolute Gasteiger partial charge is 0.388 e. The Morgan fingerprint density at radius 2 is 1.90 bits per heavy atom. The van der Waals surface area contributed by atoms with Crippen LogP contribution in [0.4, 0.5) is 0 Å². The molecule has 3 rings (SSSR count). The van der Waals surface area contributed by atoms with E-state index in [2.05, 4.69) is 18.2 Å². The Hall–Kier alpha value is -1.31. The molecule has 0 spiro atoms. The van der Waals surface area contributed by atoms with E-state index >= 15 is 0 Å². The van der Waals surface area contributed by atoms with E-state index in [4.69, 9.17) is 11.6 Å². The van der Waals surface area contributed by atoms with Crippen LogP contribution < -0.4 is 0 Å². The number of rotatable bonds is 3. The van der Waals surface area contributed by atoms with E-state index in [0.29, 0.717) is 6.42 Å². The number of fused-ring (bicyclic) bond motifs is 1. The lowest BCUT2D eigenvalue weighted by molar-refractivity contribution is 0.178. The number of halogens is 1. The number of aliphatic hydroxyl groups is 1. The minimum atomic E-state index is -0.493. The molecule has 2 aromatic rings. The van der Waals surface area contributed by atoms with Crippen molar-refractivity contribution < 1.29 is 5.11 Å². The zero-order valence-electron chi connectivity index (χ0n) is 11.7. The Morgan fingerprint density at radius 1 is 1.10 bits per heavy atom. The lowest BCUT2D eigenvalue weighted by Gasteiger charge is -2.13. The molecule has 104 valence electrons. The molecular weight excluding hydrogens is 268 g/mol. The van der Waals surface area contributed by atoms with Gasteiger partial charge >= 0.3 is 0 Å². The van der Waals surface area contributed by atoms with Crippen molar-refractivity contribution in [3.8, 4) is 0 Å². The van der Waals surface area contributed by atoms with E-state index in [9.17, 15) is 5.11 Å². The molecule has 2 heteroatoms. The third-order valence-corrected chi connectivity index (χ3v) is 4.58. The van der Waals surface area contributed by atoms with Gasteiger partial charge in [0.05, 0.1) is 6.10 Å². The van der Waals surface area contributed by atoms with E-state index in [1.165, 1.54) is 36.0 Å². The van der Waals surface area contributed by atoms with Crippen molar-refractivity contribution in [2.75, 3.05) is 0 Å². The summed E-state index contributed by atoms with van der Waals surface area (Å²) in [5.74, 6) is 0. The third-order valence-electron chi connectivity index (χ3n) is 4.17. The molecule has 0 aromatic heterocycles. The van der Waals surface area contributed by atoms with Gasteiger partial charge in [0.15, 0.2) is 0 Å². The van der Waals surface area contributed by atoms with Gasteiger partial charge in [0.2, 0.25) is 0 Å². The van der Waals surface area contributed by atoms with Crippen LogP contribution in [0.5, 0.6) is 0 Å². The second-order valence-corrected chi connectivity index (χ2v) is 6.09. The molecule has 2 aromatic carbocycles. The molecule has 0 radical (unpaired) electrons. The highest BCUT2D eigenvalue weighted by atomic mass is 35.5. The molecule has 0 saturated carbocycles. The summed E-state index contributed by atoms with van der Waals surface area (Å²) in [6.07, 6.45) is 3.79. The molecule has 1 atom stereocenters. The van der Waals surface area contributed by atoms with Crippen molar-refractivity contribution >= 4 is 11.6 Å². The zero-order chi connectivity index (χ0) is 14.1. The van der Waals surface area contributed by atoms with Gasteiger partial charge < -0.3 is 5.11 Å². The molecule has 0 aliphatic heterocycles. The van der Waals surface area contributed by atoms with Gasteiger partial charge in [-0.2, -0.15) is 0 Å². The van der Waals surface area contributed by atoms with Crippen molar-refractivity contribution in [3.63, 3.8) is 0 Å². The highest BCUT2D eigenvalue weighted by Crippen LogP contribution is 2.27. The molecule has 0 bridgehead atoms. The van der Waals surface area contributed by atoms with Gasteiger partial charge in [0, 0.05) is 11.4 Å². The van der Waals surface area contributed by atoms with E-state index in [1.54, 1.807) is 0 Å². The van der Waals surface area contributed by atoms with Crippen molar-refractivity contribution in [1.82, 2.24) is 0 Å². The normalized spacial score (nSPS) is 15.2. The topological polar surface area (TPSA) is 20.2 Å². The fourth-order valence-electron chi connectivity index (χ4n) is 2.91. The zero-order valence-corrected chi connectivity index (χ0v) is 12.5. The molecule has 0 heterocycles. The summed E-state index contributed by atoms with van der Waals surface area (Å²) in [4.78, 5) is 0. The van der Waals surface area contributed by atoms with Crippen LogP contribution in [0.1, 0.15) is 40.3 Å². The Morgan fingerprint density at radius 3 is 2.70 bits per heavy atom. The van der Waals surface area contributed by atoms with Crippen molar-refractivity contribution in [1.29, 1.82) is 0 Å². The molecule has 1 nitrogen and oxygen atoms in total. The molecule has 1 aliphatic carbocycles. The molecule has 20 heavy (non-hydrogen) atoms. The lowest BCUT2D eigenvalue weighted by atomic mass is 9.98. The third kappa shape index (κ3) is 2.74. The maximum absolute atomic E-state index is 10.4. The molecular formula is C18H19ClO. The van der Waals surface area contributed by atoms with Crippen LogP contribution >= 0.6 is 11.6 Å². The number of aryl methyl sites for hydroxylation is 3. The van der Waals surface area contributed by atoms with Gasteiger partial charge in [0.1, 0.15) is 0 Å². The van der Waals surface area contributed by atoms with Gasteiger partial charge in [0.25, 0.3) is 0 Å². The molecule has 0 saturated heterocycles. The van der Waals surface area contributed by atoms with Crippen LogP contribution in [0.15, 0.2) is 36.4 Å². The summed E-state index contributed by atoms with van der Waals surface area (Å²) in [6, 6.07) is 12.4. The number of aliphatic hydroxyl groups excluding tert-OH is 1. The maximum atomic E-state index is 10.4. The Labute approximate surface area is 125 Å². The molecule has 1 aliphatic rings. The maximum Gasteiger partial charge on any atom is 0.0830 e. The molecule has 1 unspecified atom stereocenters. The number of hydrogen-bond acceptors (Lipinski definition) is 1.